The molecule has 0 aliphatic rings. The molecule has 3 aromatic carbocycles. The number of benzene rings is 3. The first-order valence-electron chi connectivity index (χ1n) is 11.2. The van der Waals surface area contributed by atoms with Gasteiger partial charge < -0.3 is 20.4 Å². The molecule has 0 radical (unpaired) electrons. The van der Waals surface area contributed by atoms with Crippen LogP contribution in [0.15, 0.2) is 112 Å². The van der Waals surface area contributed by atoms with Gasteiger partial charge in [-0.2, -0.15) is 0 Å². The Bertz CT molecular complexity index is 1410. The summed E-state index contributed by atoms with van der Waals surface area (Å²) in [5, 5.41) is 8.68. The maximum atomic E-state index is 13.0. The minimum Gasteiger partial charge on any atom is -0.465 e. The molecule has 4 aromatic rings. The molecule has 9 heteroatoms. The summed E-state index contributed by atoms with van der Waals surface area (Å²) in [5.74, 6) is -0.508. The number of hydrogen-bond donors (Lipinski definition) is 3. The zero-order valence-electron chi connectivity index (χ0n) is 19.4. The van der Waals surface area contributed by atoms with Crippen molar-refractivity contribution in [2.75, 3.05) is 16.4 Å². The summed E-state index contributed by atoms with van der Waals surface area (Å²) in [6.07, 6.45) is 2.93. The van der Waals surface area contributed by atoms with Crippen molar-refractivity contribution < 1.29 is 18.8 Å². The van der Waals surface area contributed by atoms with Crippen LogP contribution in [0.25, 0.3) is 6.08 Å². The summed E-state index contributed by atoms with van der Waals surface area (Å²) < 4.78 is 5.31. The second-order valence-corrected chi connectivity index (χ2v) is 9.14. The van der Waals surface area contributed by atoms with Gasteiger partial charge in [-0.1, -0.05) is 41.9 Å². The third-order valence-electron chi connectivity index (χ3n) is 4.99. The molecule has 186 valence electrons. The number of carbonyl (C=O) groups excluding carboxylic acids is 3. The lowest BCUT2D eigenvalue weighted by atomic mass is 10.2. The van der Waals surface area contributed by atoms with Gasteiger partial charge in [-0.15, -0.1) is 11.8 Å². The lowest BCUT2D eigenvalue weighted by Crippen LogP contribution is -2.30. The summed E-state index contributed by atoms with van der Waals surface area (Å²) in [4.78, 5) is 38.7. The number of halogens is 1. The van der Waals surface area contributed by atoms with E-state index in [1.54, 1.807) is 91.0 Å². The lowest BCUT2D eigenvalue weighted by Gasteiger charge is -2.11. The molecule has 4 rings (SSSR count). The van der Waals surface area contributed by atoms with Gasteiger partial charge in [0.2, 0.25) is 5.91 Å². The van der Waals surface area contributed by atoms with E-state index in [1.807, 2.05) is 0 Å². The Kier molecular flexibility index (Phi) is 8.80. The highest BCUT2D eigenvalue weighted by atomic mass is 35.5. The Morgan fingerprint density at radius 1 is 0.838 bits per heavy atom. The van der Waals surface area contributed by atoms with Crippen LogP contribution in [0.3, 0.4) is 0 Å². The summed E-state index contributed by atoms with van der Waals surface area (Å²) in [6.45, 7) is 0. The molecule has 0 spiro atoms. The zero-order chi connectivity index (χ0) is 26.0. The van der Waals surface area contributed by atoms with E-state index in [4.69, 9.17) is 16.0 Å². The molecule has 0 unspecified atom stereocenters. The average molecular weight is 532 g/mol. The van der Waals surface area contributed by atoms with Crippen molar-refractivity contribution >= 4 is 58.5 Å². The molecule has 0 bridgehead atoms. The summed E-state index contributed by atoms with van der Waals surface area (Å²) in [6, 6.07) is 26.0. The number of rotatable bonds is 9. The Balaban J connectivity index is 1.37. The number of carbonyl (C=O) groups is 3. The number of furan rings is 1. The Morgan fingerprint density at radius 2 is 1.57 bits per heavy atom. The molecule has 0 fully saturated rings. The Hall–Kier alpha value is -4.27. The van der Waals surface area contributed by atoms with Crippen LogP contribution >= 0.6 is 23.4 Å². The molecular weight excluding hydrogens is 510 g/mol. The summed E-state index contributed by atoms with van der Waals surface area (Å²) >= 11 is 7.42. The second kappa shape index (κ2) is 12.6. The standard InChI is InChI=1S/C28H22ClN3O4S/c29-23-10-4-5-11-24(23)31-26(33)18-37-22-14-12-20(13-15-22)30-28(35)25(17-21-9-6-16-36-21)32-27(34)19-7-2-1-3-8-19/h1-17H,18H2,(H,30,35)(H,31,33)(H,32,34)/b25-17-. The predicted octanol–water partition coefficient (Wildman–Crippen LogP) is 6.07. The minimum absolute atomic E-state index is 0.0264. The molecule has 1 heterocycles. The molecule has 0 saturated carbocycles. The fourth-order valence-electron chi connectivity index (χ4n) is 3.19. The van der Waals surface area contributed by atoms with E-state index >= 15 is 0 Å². The fraction of sp³-hybridized carbons (Fsp3) is 0.0357. The van der Waals surface area contributed by atoms with Crippen LogP contribution in [0.1, 0.15) is 16.1 Å². The molecule has 3 N–H and O–H groups in total. The van der Waals surface area contributed by atoms with Crippen LogP contribution in [-0.2, 0) is 9.59 Å². The van der Waals surface area contributed by atoms with Crippen molar-refractivity contribution in [2.45, 2.75) is 4.90 Å². The van der Waals surface area contributed by atoms with Crippen LogP contribution in [0.4, 0.5) is 11.4 Å². The third-order valence-corrected chi connectivity index (χ3v) is 6.33. The second-order valence-electron chi connectivity index (χ2n) is 7.69. The van der Waals surface area contributed by atoms with Crippen molar-refractivity contribution in [3.8, 4) is 0 Å². The van der Waals surface area contributed by atoms with E-state index in [2.05, 4.69) is 16.0 Å². The SMILES string of the molecule is O=C(CSc1ccc(NC(=O)/C(=C/c2ccco2)NC(=O)c2ccccc2)cc1)Nc1ccccc1Cl. The van der Waals surface area contributed by atoms with Gasteiger partial charge in [0, 0.05) is 22.2 Å². The topological polar surface area (TPSA) is 100 Å². The molecular formula is C28H22ClN3O4S. The van der Waals surface area contributed by atoms with E-state index in [1.165, 1.54) is 24.1 Å². The highest BCUT2D eigenvalue weighted by Gasteiger charge is 2.16. The van der Waals surface area contributed by atoms with E-state index in [-0.39, 0.29) is 17.4 Å². The molecule has 1 aromatic heterocycles. The monoisotopic (exact) mass is 531 g/mol. The van der Waals surface area contributed by atoms with Crippen LogP contribution in [0.2, 0.25) is 5.02 Å². The first-order valence-corrected chi connectivity index (χ1v) is 12.5. The minimum atomic E-state index is -0.514. The number of para-hydroxylation sites is 1. The van der Waals surface area contributed by atoms with E-state index in [0.717, 1.165) is 4.90 Å². The van der Waals surface area contributed by atoms with Crippen molar-refractivity contribution in [3.05, 3.63) is 119 Å². The molecule has 0 saturated heterocycles. The third kappa shape index (κ3) is 7.60. The Labute approximate surface area is 222 Å². The first-order chi connectivity index (χ1) is 18.0. The van der Waals surface area contributed by atoms with Crippen LogP contribution in [0, 0.1) is 0 Å². The number of amides is 3. The quantitative estimate of drug-likeness (QED) is 0.180. The van der Waals surface area contributed by atoms with Crippen molar-refractivity contribution in [1.29, 1.82) is 0 Å². The average Bonchev–Trinajstić information content (AvgIpc) is 3.43. The van der Waals surface area contributed by atoms with Gasteiger partial charge in [0.25, 0.3) is 11.8 Å². The highest BCUT2D eigenvalue weighted by molar-refractivity contribution is 8.00. The molecule has 7 nitrogen and oxygen atoms in total. The van der Waals surface area contributed by atoms with Crippen LogP contribution in [0.5, 0.6) is 0 Å². The summed E-state index contributed by atoms with van der Waals surface area (Å²) in [5.41, 5.74) is 1.53. The van der Waals surface area contributed by atoms with Gasteiger partial charge in [-0.05, 0) is 60.7 Å². The molecule has 3 amide bonds. The molecule has 37 heavy (non-hydrogen) atoms. The summed E-state index contributed by atoms with van der Waals surface area (Å²) in [7, 11) is 0. The lowest BCUT2D eigenvalue weighted by molar-refractivity contribution is -0.114. The first kappa shape index (κ1) is 25.8. The van der Waals surface area contributed by atoms with E-state index < -0.39 is 11.8 Å². The number of hydrogen-bond acceptors (Lipinski definition) is 5. The largest absolute Gasteiger partial charge is 0.465 e. The Morgan fingerprint density at radius 3 is 2.27 bits per heavy atom. The van der Waals surface area contributed by atoms with Crippen molar-refractivity contribution in [3.63, 3.8) is 0 Å². The van der Waals surface area contributed by atoms with Gasteiger partial charge in [0.1, 0.15) is 11.5 Å². The smallest absolute Gasteiger partial charge is 0.272 e. The fourth-order valence-corrected chi connectivity index (χ4v) is 4.07. The van der Waals surface area contributed by atoms with E-state index in [0.29, 0.717) is 27.7 Å². The van der Waals surface area contributed by atoms with Crippen LogP contribution in [-0.4, -0.2) is 23.5 Å². The predicted molar refractivity (Wildman–Crippen MR) is 146 cm³/mol. The van der Waals surface area contributed by atoms with Gasteiger partial charge in [-0.3, -0.25) is 14.4 Å². The number of thioether (sulfide) groups is 1. The van der Waals surface area contributed by atoms with Gasteiger partial charge >= 0.3 is 0 Å². The number of anilines is 2. The van der Waals surface area contributed by atoms with Crippen molar-refractivity contribution in [1.82, 2.24) is 5.32 Å². The zero-order valence-corrected chi connectivity index (χ0v) is 21.0. The molecule has 0 aliphatic heterocycles. The maximum Gasteiger partial charge on any atom is 0.272 e. The normalized spacial score (nSPS) is 11.0. The maximum absolute atomic E-state index is 13.0. The highest BCUT2D eigenvalue weighted by Crippen LogP contribution is 2.23. The van der Waals surface area contributed by atoms with E-state index in [9.17, 15) is 14.4 Å². The van der Waals surface area contributed by atoms with Gasteiger partial charge in [0.15, 0.2) is 0 Å². The molecule has 0 aliphatic carbocycles. The van der Waals surface area contributed by atoms with Gasteiger partial charge in [0.05, 0.1) is 22.7 Å². The van der Waals surface area contributed by atoms with Crippen LogP contribution < -0.4 is 16.0 Å². The number of nitrogens with one attached hydrogen (secondary N) is 3. The molecule has 0 atom stereocenters. The van der Waals surface area contributed by atoms with Gasteiger partial charge in [-0.25, -0.2) is 0 Å². The van der Waals surface area contributed by atoms with Crippen molar-refractivity contribution in [2.24, 2.45) is 0 Å².